The Morgan fingerprint density at radius 3 is 2.92 bits per heavy atom. The summed E-state index contributed by atoms with van der Waals surface area (Å²) in [6.45, 7) is 0.444. The molecule has 0 radical (unpaired) electrons. The summed E-state index contributed by atoms with van der Waals surface area (Å²) in [4.78, 5) is 16.6. The highest BCUT2D eigenvalue weighted by Crippen LogP contribution is 2.25. The summed E-state index contributed by atoms with van der Waals surface area (Å²) >= 11 is 12.5. The zero-order valence-corrected chi connectivity index (χ0v) is 17.3. The number of thiazole rings is 1. The van der Waals surface area contributed by atoms with Gasteiger partial charge in [0.2, 0.25) is 0 Å². The van der Waals surface area contributed by atoms with Crippen molar-refractivity contribution in [1.29, 1.82) is 0 Å². The molecule has 0 aliphatic heterocycles. The van der Waals surface area contributed by atoms with Crippen LogP contribution in [0, 0.1) is 0 Å². The number of benzene rings is 1. The Kier molecular flexibility index (Phi) is 5.44. The van der Waals surface area contributed by atoms with Gasteiger partial charge in [0.05, 0.1) is 11.2 Å². The molecule has 1 aromatic carbocycles. The van der Waals surface area contributed by atoms with E-state index < -0.39 is 0 Å². The minimum absolute atomic E-state index is 0.444. The number of imidazole rings is 1. The van der Waals surface area contributed by atoms with Crippen LogP contribution >= 0.6 is 50.6 Å². The van der Waals surface area contributed by atoms with Crippen molar-refractivity contribution in [3.63, 3.8) is 0 Å². The van der Waals surface area contributed by atoms with Gasteiger partial charge in [-0.15, -0.1) is 11.3 Å². The molecule has 3 heterocycles. The van der Waals surface area contributed by atoms with E-state index in [0.717, 1.165) is 37.3 Å². The van der Waals surface area contributed by atoms with Crippen LogP contribution in [0.3, 0.4) is 0 Å². The number of aromatic amines is 1. The van der Waals surface area contributed by atoms with Crippen LogP contribution in [0.25, 0.3) is 11.2 Å². The Bertz CT molecular complexity index is 1030. The van der Waals surface area contributed by atoms with Gasteiger partial charge in [-0.25, -0.2) is 15.0 Å². The first-order chi connectivity index (χ1) is 12.7. The predicted molar refractivity (Wildman–Crippen MR) is 109 cm³/mol. The van der Waals surface area contributed by atoms with Crippen LogP contribution in [0.1, 0.15) is 10.7 Å². The summed E-state index contributed by atoms with van der Waals surface area (Å²) in [5, 5.41) is 4.51. The van der Waals surface area contributed by atoms with E-state index in [1.165, 1.54) is 0 Å². The topological polar surface area (TPSA) is 63.7 Å². The Morgan fingerprint density at radius 1 is 1.23 bits per heavy atom. The molecule has 26 heavy (non-hydrogen) atoms. The molecule has 0 bridgehead atoms. The van der Waals surface area contributed by atoms with E-state index in [4.69, 9.17) is 16.3 Å². The minimum atomic E-state index is 0.444. The van der Waals surface area contributed by atoms with Crippen LogP contribution in [0.2, 0.25) is 5.02 Å². The lowest BCUT2D eigenvalue weighted by atomic mass is 10.3. The molecule has 4 aromatic rings. The number of rotatable bonds is 6. The van der Waals surface area contributed by atoms with Gasteiger partial charge in [-0.2, -0.15) is 0 Å². The van der Waals surface area contributed by atoms with Crippen LogP contribution in [0.4, 0.5) is 0 Å². The number of nitrogens with one attached hydrogen (secondary N) is 1. The second kappa shape index (κ2) is 7.96. The average molecular weight is 468 g/mol. The van der Waals surface area contributed by atoms with Crippen molar-refractivity contribution in [2.45, 2.75) is 17.5 Å². The SMILES string of the molecule is Clc1ccc(OCc2nc(CSc3nc4ncc(Br)cc4[nH]3)cs2)cc1. The number of aromatic nitrogens is 4. The molecule has 1 N–H and O–H groups in total. The maximum Gasteiger partial charge on any atom is 0.178 e. The molecule has 0 atom stereocenters. The number of hydrogen-bond acceptors (Lipinski definition) is 6. The number of nitrogens with zero attached hydrogens (tertiary/aromatic N) is 3. The van der Waals surface area contributed by atoms with Gasteiger partial charge in [-0.05, 0) is 46.3 Å². The predicted octanol–water partition coefficient (Wildman–Crippen LogP) is 5.70. The smallest absolute Gasteiger partial charge is 0.178 e. The number of ether oxygens (including phenoxy) is 1. The van der Waals surface area contributed by atoms with Crippen molar-refractivity contribution >= 4 is 61.8 Å². The molecule has 0 saturated heterocycles. The Balaban J connectivity index is 1.34. The van der Waals surface area contributed by atoms with Crippen molar-refractivity contribution < 1.29 is 4.74 Å². The maximum absolute atomic E-state index is 5.87. The van der Waals surface area contributed by atoms with Crippen molar-refractivity contribution in [1.82, 2.24) is 19.9 Å². The zero-order chi connectivity index (χ0) is 17.9. The van der Waals surface area contributed by atoms with Gasteiger partial charge in [-0.3, -0.25) is 0 Å². The molecule has 0 amide bonds. The Hall–Kier alpha value is -1.61. The summed E-state index contributed by atoms with van der Waals surface area (Å²) in [5.74, 6) is 1.51. The highest BCUT2D eigenvalue weighted by Gasteiger charge is 2.08. The lowest BCUT2D eigenvalue weighted by Crippen LogP contribution is -1.95. The van der Waals surface area contributed by atoms with Gasteiger partial charge >= 0.3 is 0 Å². The quantitative estimate of drug-likeness (QED) is 0.368. The Labute approximate surface area is 171 Å². The van der Waals surface area contributed by atoms with Gasteiger partial charge in [0.25, 0.3) is 0 Å². The van der Waals surface area contributed by atoms with Crippen LogP contribution in [-0.4, -0.2) is 19.9 Å². The number of pyridine rings is 1. The lowest BCUT2D eigenvalue weighted by Gasteiger charge is -2.03. The van der Waals surface area contributed by atoms with Crippen LogP contribution < -0.4 is 4.74 Å². The summed E-state index contributed by atoms with van der Waals surface area (Å²) in [6.07, 6.45) is 1.74. The molecule has 0 aliphatic rings. The second-order valence-electron chi connectivity index (χ2n) is 5.33. The number of H-pyrrole nitrogens is 1. The standard InChI is InChI=1S/C17H12BrClN4OS2/c18-10-5-14-16(20-6-10)23-17(22-14)26-9-12-8-25-15(21-12)7-24-13-3-1-11(19)2-4-13/h1-6,8H,7,9H2,(H,20,22,23). The molecule has 0 saturated carbocycles. The summed E-state index contributed by atoms with van der Waals surface area (Å²) in [7, 11) is 0. The third kappa shape index (κ3) is 4.37. The molecular formula is C17H12BrClN4OS2. The highest BCUT2D eigenvalue weighted by atomic mass is 79.9. The normalized spacial score (nSPS) is 11.2. The minimum Gasteiger partial charge on any atom is -0.486 e. The number of fused-ring (bicyclic) bond motifs is 1. The first-order valence-electron chi connectivity index (χ1n) is 7.61. The summed E-state index contributed by atoms with van der Waals surface area (Å²) in [5.41, 5.74) is 2.63. The maximum atomic E-state index is 5.87. The number of halogens is 2. The average Bonchev–Trinajstić information content (AvgIpc) is 3.25. The molecule has 3 aromatic heterocycles. The molecule has 0 spiro atoms. The highest BCUT2D eigenvalue weighted by molar-refractivity contribution is 9.10. The molecule has 4 rings (SSSR count). The van der Waals surface area contributed by atoms with Crippen LogP contribution in [0.15, 0.2) is 51.5 Å². The fraction of sp³-hybridized carbons (Fsp3) is 0.118. The largest absolute Gasteiger partial charge is 0.486 e. The monoisotopic (exact) mass is 466 g/mol. The number of hydrogen-bond donors (Lipinski definition) is 1. The third-order valence-corrected chi connectivity index (χ3v) is 5.88. The molecule has 0 aliphatic carbocycles. The Morgan fingerprint density at radius 2 is 2.08 bits per heavy atom. The van der Waals surface area contributed by atoms with Gasteiger partial charge in [0.1, 0.15) is 17.4 Å². The molecule has 9 heteroatoms. The van der Waals surface area contributed by atoms with E-state index in [-0.39, 0.29) is 0 Å². The number of thioether (sulfide) groups is 1. The van der Waals surface area contributed by atoms with Crippen molar-refractivity contribution in [2.75, 3.05) is 0 Å². The van der Waals surface area contributed by atoms with Crippen LogP contribution in [0.5, 0.6) is 5.75 Å². The molecule has 132 valence electrons. The van der Waals surface area contributed by atoms with E-state index in [1.54, 1.807) is 29.3 Å². The third-order valence-electron chi connectivity index (χ3n) is 3.41. The van der Waals surface area contributed by atoms with Gasteiger partial charge in [0, 0.05) is 26.8 Å². The van der Waals surface area contributed by atoms with Crippen molar-refractivity contribution in [2.24, 2.45) is 0 Å². The van der Waals surface area contributed by atoms with Gasteiger partial charge in [0.15, 0.2) is 10.8 Å². The van der Waals surface area contributed by atoms with Crippen molar-refractivity contribution in [3.8, 4) is 5.75 Å². The molecular weight excluding hydrogens is 456 g/mol. The molecule has 0 fully saturated rings. The first-order valence-corrected chi connectivity index (χ1v) is 10.6. The van der Waals surface area contributed by atoms with E-state index in [9.17, 15) is 0 Å². The second-order valence-corrected chi connectivity index (χ2v) is 8.59. The molecule has 5 nitrogen and oxygen atoms in total. The van der Waals surface area contributed by atoms with Crippen molar-refractivity contribution in [3.05, 3.63) is 62.1 Å². The van der Waals surface area contributed by atoms with E-state index in [1.807, 2.05) is 35.7 Å². The zero-order valence-electron chi connectivity index (χ0n) is 13.3. The van der Waals surface area contributed by atoms with E-state index in [2.05, 4.69) is 35.9 Å². The fourth-order valence-corrected chi connectivity index (χ4v) is 4.25. The summed E-state index contributed by atoms with van der Waals surface area (Å²) < 4.78 is 6.65. The summed E-state index contributed by atoms with van der Waals surface area (Å²) in [6, 6.07) is 9.28. The first kappa shape index (κ1) is 17.8. The van der Waals surface area contributed by atoms with E-state index in [0.29, 0.717) is 17.3 Å². The molecule has 0 unspecified atom stereocenters. The van der Waals surface area contributed by atoms with Crippen LogP contribution in [-0.2, 0) is 12.4 Å². The van der Waals surface area contributed by atoms with Gasteiger partial charge in [-0.1, -0.05) is 23.4 Å². The lowest BCUT2D eigenvalue weighted by molar-refractivity contribution is 0.305. The van der Waals surface area contributed by atoms with Gasteiger partial charge < -0.3 is 9.72 Å². The fourth-order valence-electron chi connectivity index (χ4n) is 2.22. The van der Waals surface area contributed by atoms with E-state index >= 15 is 0 Å².